The molecule has 126 valence electrons. The van der Waals surface area contributed by atoms with Crippen molar-refractivity contribution in [2.24, 2.45) is 0 Å². The van der Waals surface area contributed by atoms with E-state index in [-0.39, 0.29) is 0 Å². The van der Waals surface area contributed by atoms with Gasteiger partial charge in [0, 0.05) is 31.5 Å². The first-order chi connectivity index (χ1) is 11.8. The van der Waals surface area contributed by atoms with Gasteiger partial charge in [0.15, 0.2) is 0 Å². The van der Waals surface area contributed by atoms with E-state index in [1.807, 2.05) is 30.9 Å². The third-order valence-corrected chi connectivity index (χ3v) is 5.07. The Hall–Kier alpha value is -2.14. The number of aromatic nitrogens is 4. The van der Waals surface area contributed by atoms with Gasteiger partial charge in [0.05, 0.1) is 23.9 Å². The summed E-state index contributed by atoms with van der Waals surface area (Å²) < 4.78 is 4.57. The molecule has 0 saturated heterocycles. The van der Waals surface area contributed by atoms with Gasteiger partial charge in [-0.05, 0) is 32.0 Å². The number of rotatable bonds is 5. The summed E-state index contributed by atoms with van der Waals surface area (Å²) >= 11 is 0. The molecule has 0 amide bonds. The van der Waals surface area contributed by atoms with E-state index in [9.17, 15) is 0 Å². The molecule has 0 bridgehead atoms. The highest BCUT2D eigenvalue weighted by atomic mass is 15.2. The predicted molar refractivity (Wildman–Crippen MR) is 94.7 cm³/mol. The summed E-state index contributed by atoms with van der Waals surface area (Å²) in [5.41, 5.74) is 3.54. The van der Waals surface area contributed by atoms with E-state index < -0.39 is 0 Å². The van der Waals surface area contributed by atoms with Crippen molar-refractivity contribution < 1.29 is 0 Å². The molecule has 0 radical (unpaired) electrons. The molecular formula is C19H25N5. The van der Waals surface area contributed by atoms with Gasteiger partial charge in [0.25, 0.3) is 0 Å². The van der Waals surface area contributed by atoms with Crippen molar-refractivity contribution in [3.63, 3.8) is 0 Å². The Bertz CT molecular complexity index is 797. The summed E-state index contributed by atoms with van der Waals surface area (Å²) in [5.74, 6) is 0. The molecule has 0 atom stereocenters. The van der Waals surface area contributed by atoms with Gasteiger partial charge < -0.3 is 8.97 Å². The molecule has 5 heteroatoms. The van der Waals surface area contributed by atoms with Gasteiger partial charge in [-0.15, -0.1) is 0 Å². The lowest BCUT2D eigenvalue weighted by atomic mass is 9.95. The fourth-order valence-corrected chi connectivity index (χ4v) is 3.85. The summed E-state index contributed by atoms with van der Waals surface area (Å²) in [6.07, 6.45) is 14.8. The molecule has 24 heavy (non-hydrogen) atoms. The largest absolute Gasteiger partial charge is 0.330 e. The van der Waals surface area contributed by atoms with Crippen LogP contribution in [0.1, 0.15) is 49.5 Å². The van der Waals surface area contributed by atoms with Crippen molar-refractivity contribution in [2.45, 2.75) is 51.2 Å². The van der Waals surface area contributed by atoms with Gasteiger partial charge in [0.2, 0.25) is 0 Å². The van der Waals surface area contributed by atoms with Crippen LogP contribution in [0.2, 0.25) is 0 Å². The number of hydrogen-bond donors (Lipinski definition) is 0. The van der Waals surface area contributed by atoms with Crippen LogP contribution in [0, 0.1) is 0 Å². The maximum Gasteiger partial charge on any atom is 0.136 e. The zero-order valence-corrected chi connectivity index (χ0v) is 14.3. The van der Waals surface area contributed by atoms with Crippen LogP contribution < -0.4 is 0 Å². The molecule has 1 saturated carbocycles. The summed E-state index contributed by atoms with van der Waals surface area (Å²) in [7, 11) is 2.17. The van der Waals surface area contributed by atoms with Gasteiger partial charge in [-0.25, -0.2) is 9.97 Å². The Morgan fingerprint density at radius 3 is 2.79 bits per heavy atom. The van der Waals surface area contributed by atoms with Crippen LogP contribution in [0.4, 0.5) is 0 Å². The fraction of sp³-hybridized carbons (Fsp3) is 0.474. The van der Waals surface area contributed by atoms with Gasteiger partial charge in [0.1, 0.15) is 5.65 Å². The number of nitrogens with zero attached hydrogens (tertiary/aromatic N) is 5. The van der Waals surface area contributed by atoms with Crippen molar-refractivity contribution in [1.29, 1.82) is 0 Å². The fourth-order valence-electron chi connectivity index (χ4n) is 3.85. The lowest BCUT2D eigenvalue weighted by molar-refractivity contribution is 0.287. The van der Waals surface area contributed by atoms with Crippen LogP contribution in [0.25, 0.3) is 5.65 Å². The van der Waals surface area contributed by atoms with Crippen molar-refractivity contribution in [3.8, 4) is 0 Å². The third-order valence-electron chi connectivity index (χ3n) is 5.07. The minimum absolute atomic E-state index is 0.639. The molecule has 1 fully saturated rings. The normalized spacial score (nSPS) is 16.2. The number of fused-ring (bicyclic) bond motifs is 1. The van der Waals surface area contributed by atoms with E-state index in [1.165, 1.54) is 43.5 Å². The molecule has 0 aromatic carbocycles. The third kappa shape index (κ3) is 3.08. The molecule has 3 aromatic heterocycles. The lowest BCUT2D eigenvalue weighted by Gasteiger charge is -2.26. The zero-order valence-electron chi connectivity index (χ0n) is 14.3. The van der Waals surface area contributed by atoms with E-state index in [0.717, 1.165) is 18.7 Å². The molecule has 0 N–H and O–H groups in total. The second-order valence-electron chi connectivity index (χ2n) is 6.93. The first kappa shape index (κ1) is 15.4. The number of imidazole rings is 2. The van der Waals surface area contributed by atoms with Gasteiger partial charge in [-0.3, -0.25) is 4.90 Å². The van der Waals surface area contributed by atoms with Crippen molar-refractivity contribution in [1.82, 2.24) is 23.8 Å². The highest BCUT2D eigenvalue weighted by Gasteiger charge is 2.18. The number of pyridine rings is 1. The summed E-state index contributed by atoms with van der Waals surface area (Å²) in [6.45, 7) is 1.79. The molecule has 3 heterocycles. The average molecular weight is 323 g/mol. The van der Waals surface area contributed by atoms with E-state index in [0.29, 0.717) is 6.04 Å². The van der Waals surface area contributed by atoms with Crippen molar-refractivity contribution in [2.75, 3.05) is 7.05 Å². The molecular weight excluding hydrogens is 298 g/mol. The Labute approximate surface area is 143 Å². The smallest absolute Gasteiger partial charge is 0.136 e. The quantitative estimate of drug-likeness (QED) is 0.719. The first-order valence-electron chi connectivity index (χ1n) is 8.91. The molecule has 0 unspecified atom stereocenters. The van der Waals surface area contributed by atoms with Crippen LogP contribution >= 0.6 is 0 Å². The second kappa shape index (κ2) is 6.77. The SMILES string of the molecule is CN(Cc1cncn1C1CCCCC1)Cc1cnc2ccccn12. The summed E-state index contributed by atoms with van der Waals surface area (Å²) in [6, 6.07) is 6.76. The van der Waals surface area contributed by atoms with Crippen LogP contribution in [0.3, 0.4) is 0 Å². The maximum absolute atomic E-state index is 4.48. The number of hydrogen-bond acceptors (Lipinski definition) is 3. The maximum atomic E-state index is 4.48. The topological polar surface area (TPSA) is 38.4 Å². The molecule has 3 aromatic rings. The highest BCUT2D eigenvalue weighted by Crippen LogP contribution is 2.29. The minimum atomic E-state index is 0.639. The molecule has 1 aliphatic rings. The summed E-state index contributed by atoms with van der Waals surface area (Å²) in [4.78, 5) is 11.2. The predicted octanol–water partition coefficient (Wildman–Crippen LogP) is 3.67. The first-order valence-corrected chi connectivity index (χ1v) is 8.91. The van der Waals surface area contributed by atoms with Crippen LogP contribution in [-0.2, 0) is 13.1 Å². The standard InChI is InChI=1S/C19H25N5/c1-22(14-18-12-21-19-9-5-6-10-23(18)19)13-17-11-20-15-24(17)16-7-3-2-4-8-16/h5-6,9-12,15-16H,2-4,7-8,13-14H2,1H3. The molecule has 0 aliphatic heterocycles. The Kier molecular flexibility index (Phi) is 4.34. The van der Waals surface area contributed by atoms with Crippen molar-refractivity contribution >= 4 is 5.65 Å². The van der Waals surface area contributed by atoms with E-state index in [4.69, 9.17) is 0 Å². The highest BCUT2D eigenvalue weighted by molar-refractivity contribution is 5.39. The van der Waals surface area contributed by atoms with E-state index in [2.05, 4.69) is 43.1 Å². The second-order valence-corrected chi connectivity index (χ2v) is 6.93. The molecule has 4 rings (SSSR count). The molecule has 0 spiro atoms. The molecule has 5 nitrogen and oxygen atoms in total. The Morgan fingerprint density at radius 1 is 1.08 bits per heavy atom. The van der Waals surface area contributed by atoms with Crippen molar-refractivity contribution in [3.05, 3.63) is 54.5 Å². The van der Waals surface area contributed by atoms with Crippen LogP contribution in [0.5, 0.6) is 0 Å². The average Bonchev–Trinajstić information content (AvgIpc) is 3.23. The van der Waals surface area contributed by atoms with E-state index >= 15 is 0 Å². The summed E-state index contributed by atoms with van der Waals surface area (Å²) in [5, 5.41) is 0. The zero-order chi connectivity index (χ0) is 16.4. The molecule has 1 aliphatic carbocycles. The van der Waals surface area contributed by atoms with Gasteiger partial charge in [-0.2, -0.15) is 0 Å². The lowest BCUT2D eigenvalue weighted by Crippen LogP contribution is -2.22. The van der Waals surface area contributed by atoms with Gasteiger partial charge in [-0.1, -0.05) is 25.3 Å². The minimum Gasteiger partial charge on any atom is -0.330 e. The van der Waals surface area contributed by atoms with Gasteiger partial charge >= 0.3 is 0 Å². The Morgan fingerprint density at radius 2 is 1.92 bits per heavy atom. The van der Waals surface area contributed by atoms with Crippen LogP contribution in [0.15, 0.2) is 43.1 Å². The van der Waals surface area contributed by atoms with Crippen LogP contribution in [-0.4, -0.2) is 30.9 Å². The Balaban J connectivity index is 1.46. The monoisotopic (exact) mass is 323 g/mol. The van der Waals surface area contributed by atoms with E-state index in [1.54, 1.807) is 0 Å².